The van der Waals surface area contributed by atoms with Crippen molar-refractivity contribution in [2.75, 3.05) is 0 Å². The van der Waals surface area contributed by atoms with E-state index in [2.05, 4.69) is 15.3 Å². The van der Waals surface area contributed by atoms with Gasteiger partial charge in [0.1, 0.15) is 0 Å². The fourth-order valence-electron chi connectivity index (χ4n) is 2.90. The SMILES string of the molecule is C[C@@H](OC(=O)c1cnc2ccccc2n1)C(=O)NC1CCCCC1. The van der Waals surface area contributed by atoms with Gasteiger partial charge in [-0.2, -0.15) is 0 Å². The Labute approximate surface area is 140 Å². The Bertz CT molecular complexity index is 741. The van der Waals surface area contributed by atoms with Crippen LogP contribution in [0.3, 0.4) is 0 Å². The molecular weight excluding hydrogens is 306 g/mol. The molecule has 1 fully saturated rings. The maximum absolute atomic E-state index is 12.2. The van der Waals surface area contributed by atoms with Crippen molar-refractivity contribution in [2.45, 2.75) is 51.2 Å². The first kappa shape index (κ1) is 16.4. The molecule has 0 saturated heterocycles. The predicted octanol–water partition coefficient (Wildman–Crippen LogP) is 2.62. The maximum Gasteiger partial charge on any atom is 0.359 e. The monoisotopic (exact) mass is 327 g/mol. The Morgan fingerprint density at radius 2 is 1.88 bits per heavy atom. The molecular formula is C18H21N3O3. The van der Waals surface area contributed by atoms with Crippen LogP contribution in [-0.4, -0.2) is 34.0 Å². The number of amides is 1. The van der Waals surface area contributed by atoms with Crippen molar-refractivity contribution >= 4 is 22.9 Å². The van der Waals surface area contributed by atoms with Gasteiger partial charge in [-0.3, -0.25) is 9.78 Å². The van der Waals surface area contributed by atoms with E-state index in [0.717, 1.165) is 25.7 Å². The van der Waals surface area contributed by atoms with Crippen molar-refractivity contribution in [2.24, 2.45) is 0 Å². The Morgan fingerprint density at radius 3 is 2.62 bits per heavy atom. The smallest absolute Gasteiger partial charge is 0.359 e. The molecule has 1 aromatic carbocycles. The molecule has 1 heterocycles. The highest BCUT2D eigenvalue weighted by molar-refractivity contribution is 5.92. The average Bonchev–Trinajstić information content (AvgIpc) is 2.62. The number of nitrogens with one attached hydrogen (secondary N) is 1. The largest absolute Gasteiger partial charge is 0.448 e. The first-order valence-corrected chi connectivity index (χ1v) is 8.36. The molecule has 0 aliphatic heterocycles. The second kappa shape index (κ2) is 7.38. The van der Waals surface area contributed by atoms with Gasteiger partial charge in [0.15, 0.2) is 11.8 Å². The van der Waals surface area contributed by atoms with Gasteiger partial charge in [0.2, 0.25) is 0 Å². The summed E-state index contributed by atoms with van der Waals surface area (Å²) in [6, 6.07) is 7.46. The highest BCUT2D eigenvalue weighted by Crippen LogP contribution is 2.17. The number of carbonyl (C=O) groups is 2. The second-order valence-corrected chi connectivity index (χ2v) is 6.14. The van der Waals surface area contributed by atoms with Gasteiger partial charge in [0.25, 0.3) is 5.91 Å². The zero-order valence-electron chi connectivity index (χ0n) is 13.7. The van der Waals surface area contributed by atoms with Crippen LogP contribution in [0.2, 0.25) is 0 Å². The van der Waals surface area contributed by atoms with Crippen molar-refractivity contribution in [3.63, 3.8) is 0 Å². The molecule has 126 valence electrons. The Hall–Kier alpha value is -2.50. The Morgan fingerprint density at radius 1 is 1.17 bits per heavy atom. The van der Waals surface area contributed by atoms with E-state index in [1.807, 2.05) is 18.2 Å². The summed E-state index contributed by atoms with van der Waals surface area (Å²) in [7, 11) is 0. The van der Waals surface area contributed by atoms with Crippen molar-refractivity contribution < 1.29 is 14.3 Å². The third kappa shape index (κ3) is 3.88. The Balaban J connectivity index is 1.60. The molecule has 1 aliphatic carbocycles. The predicted molar refractivity (Wildman–Crippen MR) is 89.4 cm³/mol. The second-order valence-electron chi connectivity index (χ2n) is 6.14. The number of rotatable bonds is 4. The molecule has 6 nitrogen and oxygen atoms in total. The quantitative estimate of drug-likeness (QED) is 0.873. The minimum atomic E-state index is -0.854. The maximum atomic E-state index is 12.2. The molecule has 1 aliphatic rings. The van der Waals surface area contributed by atoms with Gasteiger partial charge in [-0.1, -0.05) is 31.4 Å². The van der Waals surface area contributed by atoms with Gasteiger partial charge >= 0.3 is 5.97 Å². The third-order valence-corrected chi connectivity index (χ3v) is 4.26. The number of esters is 1. The minimum absolute atomic E-state index is 0.103. The molecule has 0 bridgehead atoms. The van der Waals surface area contributed by atoms with Crippen molar-refractivity contribution in [3.8, 4) is 0 Å². The molecule has 0 radical (unpaired) electrons. The molecule has 24 heavy (non-hydrogen) atoms. The van der Waals surface area contributed by atoms with E-state index in [0.29, 0.717) is 11.0 Å². The van der Waals surface area contributed by atoms with E-state index >= 15 is 0 Å². The first-order chi connectivity index (χ1) is 11.6. The fraction of sp³-hybridized carbons (Fsp3) is 0.444. The number of para-hydroxylation sites is 2. The summed E-state index contributed by atoms with van der Waals surface area (Å²) >= 11 is 0. The van der Waals surface area contributed by atoms with Gasteiger partial charge in [0.05, 0.1) is 17.2 Å². The van der Waals surface area contributed by atoms with Crippen molar-refractivity contribution in [3.05, 3.63) is 36.2 Å². The lowest BCUT2D eigenvalue weighted by Gasteiger charge is -2.24. The molecule has 1 amide bonds. The molecule has 1 saturated carbocycles. The lowest BCUT2D eigenvalue weighted by atomic mass is 9.95. The molecule has 3 rings (SSSR count). The minimum Gasteiger partial charge on any atom is -0.448 e. The number of carbonyl (C=O) groups excluding carboxylic acids is 2. The van der Waals surface area contributed by atoms with Gasteiger partial charge < -0.3 is 10.1 Å². The van der Waals surface area contributed by atoms with Crippen LogP contribution in [0.1, 0.15) is 49.5 Å². The molecule has 1 aromatic heterocycles. The summed E-state index contributed by atoms with van der Waals surface area (Å²) in [6.45, 7) is 1.57. The fourth-order valence-corrected chi connectivity index (χ4v) is 2.90. The number of hydrogen-bond acceptors (Lipinski definition) is 5. The molecule has 2 aromatic rings. The topological polar surface area (TPSA) is 81.2 Å². The van der Waals surface area contributed by atoms with Gasteiger partial charge in [-0.25, -0.2) is 9.78 Å². The van der Waals surface area contributed by atoms with E-state index in [4.69, 9.17) is 4.74 Å². The number of aromatic nitrogens is 2. The molecule has 6 heteroatoms. The van der Waals surface area contributed by atoms with Crippen LogP contribution < -0.4 is 5.32 Å². The van der Waals surface area contributed by atoms with E-state index in [9.17, 15) is 9.59 Å². The van der Waals surface area contributed by atoms with Gasteiger partial charge in [0, 0.05) is 6.04 Å². The zero-order valence-corrected chi connectivity index (χ0v) is 13.7. The van der Waals surface area contributed by atoms with Gasteiger partial charge in [-0.05, 0) is 31.9 Å². The highest BCUT2D eigenvalue weighted by Gasteiger charge is 2.23. The van der Waals surface area contributed by atoms with Crippen LogP contribution in [0.5, 0.6) is 0 Å². The summed E-state index contributed by atoms with van der Waals surface area (Å²) < 4.78 is 5.24. The van der Waals surface area contributed by atoms with Crippen molar-refractivity contribution in [1.29, 1.82) is 0 Å². The van der Waals surface area contributed by atoms with Crippen LogP contribution in [-0.2, 0) is 9.53 Å². The summed E-state index contributed by atoms with van der Waals surface area (Å²) in [5.41, 5.74) is 1.43. The molecule has 0 spiro atoms. The zero-order chi connectivity index (χ0) is 16.9. The molecule has 1 atom stereocenters. The molecule has 0 unspecified atom stereocenters. The first-order valence-electron chi connectivity index (χ1n) is 8.36. The number of ether oxygens (including phenoxy) is 1. The van der Waals surface area contributed by atoms with Crippen LogP contribution in [0, 0.1) is 0 Å². The number of hydrogen-bond donors (Lipinski definition) is 1. The normalized spacial score (nSPS) is 16.5. The lowest BCUT2D eigenvalue weighted by Crippen LogP contribution is -2.42. The third-order valence-electron chi connectivity index (χ3n) is 4.26. The van der Waals surface area contributed by atoms with Crippen LogP contribution >= 0.6 is 0 Å². The number of fused-ring (bicyclic) bond motifs is 1. The van der Waals surface area contributed by atoms with E-state index in [1.165, 1.54) is 12.6 Å². The summed E-state index contributed by atoms with van der Waals surface area (Å²) in [5, 5.41) is 2.95. The highest BCUT2D eigenvalue weighted by atomic mass is 16.5. The van der Waals surface area contributed by atoms with Crippen LogP contribution in [0.4, 0.5) is 0 Å². The average molecular weight is 327 g/mol. The van der Waals surface area contributed by atoms with Gasteiger partial charge in [-0.15, -0.1) is 0 Å². The van der Waals surface area contributed by atoms with Crippen molar-refractivity contribution in [1.82, 2.24) is 15.3 Å². The summed E-state index contributed by atoms with van der Waals surface area (Å²) in [4.78, 5) is 32.8. The number of nitrogens with zero attached hydrogens (tertiary/aromatic N) is 2. The Kier molecular flexibility index (Phi) is 5.03. The van der Waals surface area contributed by atoms with E-state index < -0.39 is 12.1 Å². The summed E-state index contributed by atoms with van der Waals surface area (Å²) in [5.74, 6) is -0.899. The summed E-state index contributed by atoms with van der Waals surface area (Å²) in [6.07, 6.45) is 5.98. The number of benzene rings is 1. The van der Waals surface area contributed by atoms with E-state index in [-0.39, 0.29) is 17.6 Å². The standard InChI is InChI=1S/C18H21N3O3/c1-12(17(22)20-13-7-3-2-4-8-13)24-18(23)16-11-19-14-9-5-6-10-15(14)21-16/h5-6,9-13H,2-4,7-8H2,1H3,(H,20,22)/t12-/m1/s1. The lowest BCUT2D eigenvalue weighted by molar-refractivity contribution is -0.130. The van der Waals surface area contributed by atoms with Crippen LogP contribution in [0.15, 0.2) is 30.5 Å². The van der Waals surface area contributed by atoms with Crippen LogP contribution in [0.25, 0.3) is 11.0 Å². The molecule has 1 N–H and O–H groups in total. The van der Waals surface area contributed by atoms with E-state index in [1.54, 1.807) is 13.0 Å².